The minimum absolute atomic E-state index is 0.0325. The monoisotopic (exact) mass is 272 g/mol. The van der Waals surface area contributed by atoms with Crippen molar-refractivity contribution >= 4 is 17.0 Å². The topological polar surface area (TPSA) is 55.1 Å². The Morgan fingerprint density at radius 2 is 2.20 bits per heavy atom. The van der Waals surface area contributed by atoms with E-state index in [4.69, 9.17) is 4.98 Å². The SMILES string of the molecule is CCCc1nc2cccc(C(=O)O)c2n1C1(C)CCC1. The van der Waals surface area contributed by atoms with Crippen LogP contribution in [0.5, 0.6) is 0 Å². The molecular weight excluding hydrogens is 252 g/mol. The summed E-state index contributed by atoms with van der Waals surface area (Å²) in [7, 11) is 0. The molecule has 1 N–H and O–H groups in total. The summed E-state index contributed by atoms with van der Waals surface area (Å²) >= 11 is 0. The van der Waals surface area contributed by atoms with Crippen LogP contribution < -0.4 is 0 Å². The molecule has 3 rings (SSSR count). The van der Waals surface area contributed by atoms with E-state index in [0.717, 1.165) is 42.5 Å². The first kappa shape index (κ1) is 13.2. The van der Waals surface area contributed by atoms with Gasteiger partial charge in [0.15, 0.2) is 0 Å². The van der Waals surface area contributed by atoms with E-state index in [9.17, 15) is 9.90 Å². The number of imidazole rings is 1. The molecule has 0 spiro atoms. The van der Waals surface area contributed by atoms with Crippen molar-refractivity contribution < 1.29 is 9.90 Å². The number of benzene rings is 1. The van der Waals surface area contributed by atoms with Gasteiger partial charge in [-0.25, -0.2) is 9.78 Å². The van der Waals surface area contributed by atoms with Crippen LogP contribution in [-0.2, 0) is 12.0 Å². The van der Waals surface area contributed by atoms with E-state index in [2.05, 4.69) is 18.4 Å². The minimum atomic E-state index is -0.872. The number of rotatable bonds is 4. The predicted octanol–water partition coefficient (Wildman–Crippen LogP) is 3.59. The van der Waals surface area contributed by atoms with Crippen LogP contribution in [-0.4, -0.2) is 20.6 Å². The van der Waals surface area contributed by atoms with Gasteiger partial charge in [-0.05, 0) is 44.7 Å². The Bertz CT molecular complexity index is 668. The molecule has 0 amide bonds. The van der Waals surface area contributed by atoms with E-state index in [1.165, 1.54) is 6.42 Å². The van der Waals surface area contributed by atoms with Gasteiger partial charge in [-0.15, -0.1) is 0 Å². The highest BCUT2D eigenvalue weighted by Crippen LogP contribution is 2.42. The van der Waals surface area contributed by atoms with Crippen molar-refractivity contribution in [2.45, 2.75) is 51.5 Å². The fourth-order valence-corrected chi connectivity index (χ4v) is 3.23. The second kappa shape index (κ2) is 4.62. The van der Waals surface area contributed by atoms with Crippen LogP contribution >= 0.6 is 0 Å². The number of carboxylic acid groups (broad SMARTS) is 1. The Balaban J connectivity index is 2.32. The molecule has 4 nitrogen and oxygen atoms in total. The maximum Gasteiger partial charge on any atom is 0.337 e. The van der Waals surface area contributed by atoms with Crippen molar-refractivity contribution in [3.8, 4) is 0 Å². The van der Waals surface area contributed by atoms with Crippen LogP contribution in [0.2, 0.25) is 0 Å². The number of hydrogen-bond acceptors (Lipinski definition) is 2. The molecule has 0 unspecified atom stereocenters. The van der Waals surface area contributed by atoms with Crippen LogP contribution in [0.3, 0.4) is 0 Å². The zero-order chi connectivity index (χ0) is 14.3. The summed E-state index contributed by atoms with van der Waals surface area (Å²) in [6.45, 7) is 4.35. The second-order valence-corrected chi connectivity index (χ2v) is 5.94. The molecule has 1 fully saturated rings. The van der Waals surface area contributed by atoms with Crippen LogP contribution in [0, 0.1) is 0 Å². The standard InChI is InChI=1S/C16H20N2O2/c1-3-6-13-17-12-8-4-7-11(15(19)20)14(12)18(13)16(2)9-5-10-16/h4,7-8H,3,5-6,9-10H2,1-2H3,(H,19,20). The third kappa shape index (κ3) is 1.82. The zero-order valence-electron chi connectivity index (χ0n) is 12.0. The number of fused-ring (bicyclic) bond motifs is 1. The lowest BCUT2D eigenvalue weighted by atomic mass is 9.78. The number of aromatic nitrogens is 2. The summed E-state index contributed by atoms with van der Waals surface area (Å²) in [5.41, 5.74) is 2.00. The first-order valence-electron chi connectivity index (χ1n) is 7.31. The number of hydrogen-bond donors (Lipinski definition) is 1. The fourth-order valence-electron chi connectivity index (χ4n) is 3.23. The Kier molecular flexibility index (Phi) is 3.04. The molecule has 4 heteroatoms. The number of carbonyl (C=O) groups is 1. The molecule has 20 heavy (non-hydrogen) atoms. The summed E-state index contributed by atoms with van der Waals surface area (Å²) in [4.78, 5) is 16.2. The Morgan fingerprint density at radius 3 is 2.75 bits per heavy atom. The smallest absolute Gasteiger partial charge is 0.337 e. The molecule has 0 saturated heterocycles. The molecule has 1 aromatic heterocycles. The van der Waals surface area contributed by atoms with Gasteiger partial charge in [0, 0.05) is 12.0 Å². The molecule has 1 heterocycles. The Hall–Kier alpha value is -1.84. The lowest BCUT2D eigenvalue weighted by Crippen LogP contribution is -2.38. The van der Waals surface area contributed by atoms with Crippen molar-refractivity contribution in [2.24, 2.45) is 0 Å². The molecule has 106 valence electrons. The van der Waals surface area contributed by atoms with Crippen molar-refractivity contribution in [1.29, 1.82) is 0 Å². The van der Waals surface area contributed by atoms with Crippen molar-refractivity contribution in [2.75, 3.05) is 0 Å². The molecule has 0 aliphatic heterocycles. The molecule has 0 atom stereocenters. The highest BCUT2D eigenvalue weighted by atomic mass is 16.4. The van der Waals surface area contributed by atoms with Gasteiger partial charge in [0.25, 0.3) is 0 Å². The van der Waals surface area contributed by atoms with Crippen LogP contribution in [0.4, 0.5) is 0 Å². The minimum Gasteiger partial charge on any atom is -0.478 e. The van der Waals surface area contributed by atoms with E-state index >= 15 is 0 Å². The molecule has 0 bridgehead atoms. The quantitative estimate of drug-likeness (QED) is 0.925. The third-order valence-corrected chi connectivity index (χ3v) is 4.42. The van der Waals surface area contributed by atoms with Gasteiger partial charge in [-0.2, -0.15) is 0 Å². The maximum absolute atomic E-state index is 11.5. The van der Waals surface area contributed by atoms with Crippen LogP contribution in [0.1, 0.15) is 55.7 Å². The summed E-state index contributed by atoms with van der Waals surface area (Å²) < 4.78 is 2.21. The fraction of sp³-hybridized carbons (Fsp3) is 0.500. The van der Waals surface area contributed by atoms with Gasteiger partial charge < -0.3 is 9.67 Å². The molecule has 1 aromatic carbocycles. The maximum atomic E-state index is 11.5. The predicted molar refractivity (Wildman–Crippen MR) is 78.2 cm³/mol. The first-order valence-corrected chi connectivity index (χ1v) is 7.31. The van der Waals surface area contributed by atoms with Gasteiger partial charge in [-0.1, -0.05) is 13.0 Å². The molecule has 1 aliphatic rings. The number of carboxylic acids is 1. The van der Waals surface area contributed by atoms with E-state index < -0.39 is 5.97 Å². The van der Waals surface area contributed by atoms with Gasteiger partial charge in [-0.3, -0.25) is 0 Å². The number of para-hydroxylation sites is 1. The lowest BCUT2D eigenvalue weighted by Gasteiger charge is -2.41. The summed E-state index contributed by atoms with van der Waals surface area (Å²) in [6.07, 6.45) is 5.31. The average Bonchev–Trinajstić information content (AvgIpc) is 2.74. The summed E-state index contributed by atoms with van der Waals surface area (Å²) in [5, 5.41) is 9.46. The number of nitrogens with zero attached hydrogens (tertiary/aromatic N) is 2. The van der Waals surface area contributed by atoms with Crippen molar-refractivity contribution in [3.05, 3.63) is 29.6 Å². The Morgan fingerprint density at radius 1 is 1.45 bits per heavy atom. The molecule has 2 aromatic rings. The average molecular weight is 272 g/mol. The van der Waals surface area contributed by atoms with E-state index in [1.807, 2.05) is 6.07 Å². The van der Waals surface area contributed by atoms with Crippen LogP contribution in [0.25, 0.3) is 11.0 Å². The molecule has 0 radical (unpaired) electrons. The van der Waals surface area contributed by atoms with Gasteiger partial charge in [0.1, 0.15) is 5.82 Å². The van der Waals surface area contributed by atoms with Crippen LogP contribution in [0.15, 0.2) is 18.2 Å². The van der Waals surface area contributed by atoms with Gasteiger partial charge in [0.05, 0.1) is 16.6 Å². The molecule has 1 saturated carbocycles. The molecule has 1 aliphatic carbocycles. The highest BCUT2D eigenvalue weighted by molar-refractivity contribution is 6.01. The van der Waals surface area contributed by atoms with Gasteiger partial charge >= 0.3 is 5.97 Å². The summed E-state index contributed by atoms with van der Waals surface area (Å²) in [5.74, 6) is 0.154. The second-order valence-electron chi connectivity index (χ2n) is 5.94. The van der Waals surface area contributed by atoms with Gasteiger partial charge in [0.2, 0.25) is 0 Å². The number of aromatic carboxylic acids is 1. The van der Waals surface area contributed by atoms with E-state index in [1.54, 1.807) is 12.1 Å². The largest absolute Gasteiger partial charge is 0.478 e. The normalized spacial score (nSPS) is 17.1. The first-order chi connectivity index (χ1) is 9.57. The third-order valence-electron chi connectivity index (χ3n) is 4.42. The van der Waals surface area contributed by atoms with Crippen molar-refractivity contribution in [1.82, 2.24) is 9.55 Å². The zero-order valence-corrected chi connectivity index (χ0v) is 12.0. The number of aryl methyl sites for hydroxylation is 1. The highest BCUT2D eigenvalue weighted by Gasteiger charge is 2.37. The summed E-state index contributed by atoms with van der Waals surface area (Å²) in [6, 6.07) is 5.38. The van der Waals surface area contributed by atoms with E-state index in [-0.39, 0.29) is 5.54 Å². The lowest BCUT2D eigenvalue weighted by molar-refractivity contribution is 0.0697. The van der Waals surface area contributed by atoms with Crippen molar-refractivity contribution in [3.63, 3.8) is 0 Å². The molecular formula is C16H20N2O2. The van der Waals surface area contributed by atoms with E-state index in [0.29, 0.717) is 5.56 Å². The Labute approximate surface area is 118 Å².